The average molecular weight is 607 g/mol. The van der Waals surface area contributed by atoms with Gasteiger partial charge in [0.1, 0.15) is 0 Å². The predicted molar refractivity (Wildman–Crippen MR) is 169 cm³/mol. The number of morpholine rings is 1. The summed E-state index contributed by atoms with van der Waals surface area (Å²) < 4.78 is 34.9. The van der Waals surface area contributed by atoms with Crippen LogP contribution in [-0.2, 0) is 21.3 Å². The number of hydrogen-bond acceptors (Lipinski definition) is 7. The van der Waals surface area contributed by atoms with Crippen molar-refractivity contribution in [1.82, 2.24) is 14.2 Å². The first kappa shape index (κ1) is 30.3. The summed E-state index contributed by atoms with van der Waals surface area (Å²) in [6.07, 6.45) is 0.789. The molecule has 1 fully saturated rings. The van der Waals surface area contributed by atoms with Crippen LogP contribution < -0.4 is 4.90 Å². The van der Waals surface area contributed by atoms with Gasteiger partial charge in [-0.25, -0.2) is 13.4 Å². The van der Waals surface area contributed by atoms with Crippen LogP contribution in [0.5, 0.6) is 0 Å². The zero-order valence-corrected chi connectivity index (χ0v) is 26.1. The minimum atomic E-state index is -3.74. The Labute approximate surface area is 252 Å². The number of ether oxygens (including phenoxy) is 1. The summed E-state index contributed by atoms with van der Waals surface area (Å²) in [6.45, 7) is 11.2. The van der Waals surface area contributed by atoms with Gasteiger partial charge in [-0.3, -0.25) is 14.6 Å². The number of rotatable bonds is 11. The monoisotopic (exact) mass is 606 g/mol. The molecule has 4 aromatic rings. The first-order chi connectivity index (χ1) is 20.3. The summed E-state index contributed by atoms with van der Waals surface area (Å²) in [6, 6.07) is 20.0. The topological polar surface area (TPSA) is 83.1 Å². The number of anilines is 1. The molecule has 2 heterocycles. The normalized spacial score (nSPS) is 14.5. The van der Waals surface area contributed by atoms with Crippen LogP contribution in [0.15, 0.2) is 71.6 Å². The molecule has 0 atom stereocenters. The summed E-state index contributed by atoms with van der Waals surface area (Å²) in [5.41, 5.74) is 4.47. The predicted octanol–water partition coefficient (Wildman–Crippen LogP) is 5.49. The molecule has 0 N–H and O–H groups in total. The van der Waals surface area contributed by atoms with E-state index in [1.165, 1.54) is 27.8 Å². The van der Waals surface area contributed by atoms with Crippen molar-refractivity contribution in [1.29, 1.82) is 0 Å². The Morgan fingerprint density at radius 1 is 0.976 bits per heavy atom. The maximum absolute atomic E-state index is 14.0. The van der Waals surface area contributed by atoms with Gasteiger partial charge in [-0.05, 0) is 61.2 Å². The standard InChI is InChI=1S/C32H38N4O4S2/c1-4-35(23-26-9-6-5-7-10-26)42(38,39)28-15-13-27(14-16-28)31(37)36(18-8-17-34-19-21-40-22-20-34)32-33-29-24(2)11-12-25(3)30(29)41-32/h5-7,9-16H,4,8,17-23H2,1-3H3. The van der Waals surface area contributed by atoms with Crippen LogP contribution in [0.25, 0.3) is 10.2 Å². The Kier molecular flexibility index (Phi) is 9.70. The molecule has 1 amide bonds. The summed E-state index contributed by atoms with van der Waals surface area (Å²) in [4.78, 5) is 23.1. The molecule has 0 saturated carbocycles. The number of fused-ring (bicyclic) bond motifs is 1. The van der Waals surface area contributed by atoms with E-state index in [4.69, 9.17) is 9.72 Å². The highest BCUT2D eigenvalue weighted by Crippen LogP contribution is 2.34. The van der Waals surface area contributed by atoms with Crippen molar-refractivity contribution in [2.24, 2.45) is 0 Å². The molecule has 0 bridgehead atoms. The summed E-state index contributed by atoms with van der Waals surface area (Å²) in [7, 11) is -3.74. The van der Waals surface area contributed by atoms with Crippen molar-refractivity contribution in [2.45, 2.75) is 38.6 Å². The number of benzene rings is 3. The van der Waals surface area contributed by atoms with E-state index in [1.807, 2.05) is 44.2 Å². The van der Waals surface area contributed by atoms with Crippen LogP contribution >= 0.6 is 11.3 Å². The summed E-state index contributed by atoms with van der Waals surface area (Å²) in [5.74, 6) is -0.188. The van der Waals surface area contributed by atoms with Crippen molar-refractivity contribution < 1.29 is 17.9 Å². The van der Waals surface area contributed by atoms with Crippen LogP contribution in [0.3, 0.4) is 0 Å². The van der Waals surface area contributed by atoms with Gasteiger partial charge >= 0.3 is 0 Å². The third-order valence-corrected chi connectivity index (χ3v) is 10.8. The van der Waals surface area contributed by atoms with E-state index in [0.29, 0.717) is 23.8 Å². The molecule has 1 saturated heterocycles. The number of nitrogens with zero attached hydrogens (tertiary/aromatic N) is 4. The van der Waals surface area contributed by atoms with Crippen LogP contribution in [0, 0.1) is 13.8 Å². The minimum Gasteiger partial charge on any atom is -0.379 e. The highest BCUT2D eigenvalue weighted by atomic mass is 32.2. The molecule has 0 radical (unpaired) electrons. The summed E-state index contributed by atoms with van der Waals surface area (Å²) >= 11 is 1.53. The molecule has 1 aliphatic rings. The van der Waals surface area contributed by atoms with E-state index in [0.717, 1.165) is 66.2 Å². The van der Waals surface area contributed by atoms with Crippen molar-refractivity contribution >= 4 is 42.6 Å². The van der Waals surface area contributed by atoms with E-state index >= 15 is 0 Å². The Bertz CT molecular complexity index is 1580. The molecule has 3 aromatic carbocycles. The first-order valence-electron chi connectivity index (χ1n) is 14.4. The number of aryl methyl sites for hydroxylation is 2. The Hall–Kier alpha value is -3.15. The van der Waals surface area contributed by atoms with Crippen LogP contribution in [0.4, 0.5) is 5.13 Å². The number of carbonyl (C=O) groups is 1. The SMILES string of the molecule is CCN(Cc1ccccc1)S(=O)(=O)c1ccc(C(=O)N(CCCN2CCOCC2)c2nc3c(C)ccc(C)c3s2)cc1. The molecule has 5 rings (SSSR count). The van der Waals surface area contributed by atoms with E-state index in [1.54, 1.807) is 17.0 Å². The van der Waals surface area contributed by atoms with E-state index in [9.17, 15) is 13.2 Å². The molecule has 1 aromatic heterocycles. The number of amides is 1. The van der Waals surface area contributed by atoms with Crippen molar-refractivity contribution in [2.75, 3.05) is 50.8 Å². The Balaban J connectivity index is 1.39. The van der Waals surface area contributed by atoms with Crippen LogP contribution in [0.2, 0.25) is 0 Å². The molecule has 42 heavy (non-hydrogen) atoms. The maximum atomic E-state index is 14.0. The first-order valence-corrected chi connectivity index (χ1v) is 16.7. The second kappa shape index (κ2) is 13.4. The minimum absolute atomic E-state index is 0.168. The zero-order valence-electron chi connectivity index (χ0n) is 24.5. The van der Waals surface area contributed by atoms with Gasteiger partial charge in [0, 0.05) is 44.8 Å². The molecular formula is C32H38N4O4S2. The molecule has 10 heteroatoms. The van der Waals surface area contributed by atoms with Gasteiger partial charge in [-0.2, -0.15) is 4.31 Å². The van der Waals surface area contributed by atoms with Gasteiger partial charge in [-0.15, -0.1) is 0 Å². The largest absolute Gasteiger partial charge is 0.379 e. The highest BCUT2D eigenvalue weighted by Gasteiger charge is 2.26. The van der Waals surface area contributed by atoms with Gasteiger partial charge < -0.3 is 4.74 Å². The molecule has 0 unspecified atom stereocenters. The lowest BCUT2D eigenvalue weighted by Crippen LogP contribution is -2.39. The molecule has 1 aliphatic heterocycles. The fourth-order valence-electron chi connectivity index (χ4n) is 5.15. The second-order valence-corrected chi connectivity index (χ2v) is 13.5. The van der Waals surface area contributed by atoms with Crippen molar-refractivity contribution in [3.8, 4) is 0 Å². The highest BCUT2D eigenvalue weighted by molar-refractivity contribution is 7.89. The van der Waals surface area contributed by atoms with Gasteiger partial charge in [0.15, 0.2) is 5.13 Å². The smallest absolute Gasteiger partial charge is 0.260 e. The third kappa shape index (κ3) is 6.74. The summed E-state index contributed by atoms with van der Waals surface area (Å²) in [5, 5.41) is 0.658. The number of thiazole rings is 1. The lowest BCUT2D eigenvalue weighted by atomic mass is 10.1. The number of carbonyl (C=O) groups excluding carboxylic acids is 1. The van der Waals surface area contributed by atoms with Crippen LogP contribution in [0.1, 0.15) is 40.4 Å². The van der Waals surface area contributed by atoms with Crippen LogP contribution in [-0.4, -0.2) is 74.5 Å². The molecular weight excluding hydrogens is 569 g/mol. The van der Waals surface area contributed by atoms with Crippen molar-refractivity contribution in [3.05, 3.63) is 89.0 Å². The van der Waals surface area contributed by atoms with Crippen molar-refractivity contribution in [3.63, 3.8) is 0 Å². The maximum Gasteiger partial charge on any atom is 0.260 e. The molecule has 222 valence electrons. The molecule has 0 aliphatic carbocycles. The van der Waals surface area contributed by atoms with E-state index < -0.39 is 10.0 Å². The number of hydrogen-bond donors (Lipinski definition) is 0. The average Bonchev–Trinajstić information content (AvgIpc) is 3.47. The second-order valence-electron chi connectivity index (χ2n) is 10.6. The molecule has 8 nitrogen and oxygen atoms in total. The fourth-order valence-corrected chi connectivity index (χ4v) is 7.73. The zero-order chi connectivity index (χ0) is 29.7. The lowest BCUT2D eigenvalue weighted by molar-refractivity contribution is 0.0376. The molecule has 0 spiro atoms. The van der Waals surface area contributed by atoms with E-state index in [-0.39, 0.29) is 17.3 Å². The van der Waals surface area contributed by atoms with E-state index in [2.05, 4.69) is 24.0 Å². The lowest BCUT2D eigenvalue weighted by Gasteiger charge is -2.27. The van der Waals surface area contributed by atoms with Gasteiger partial charge in [0.2, 0.25) is 10.0 Å². The van der Waals surface area contributed by atoms with Gasteiger partial charge in [0.25, 0.3) is 5.91 Å². The Morgan fingerprint density at radius 2 is 1.67 bits per heavy atom. The number of sulfonamides is 1. The Morgan fingerprint density at radius 3 is 2.33 bits per heavy atom. The third-order valence-electron chi connectivity index (χ3n) is 7.66. The fraction of sp³-hybridized carbons (Fsp3) is 0.375. The number of aromatic nitrogens is 1. The quantitative estimate of drug-likeness (QED) is 0.225. The van der Waals surface area contributed by atoms with Gasteiger partial charge in [0.05, 0.1) is 28.3 Å². The van der Waals surface area contributed by atoms with Gasteiger partial charge in [-0.1, -0.05) is 60.7 Å².